The van der Waals surface area contributed by atoms with Gasteiger partial charge in [-0.25, -0.2) is 8.42 Å². The summed E-state index contributed by atoms with van der Waals surface area (Å²) in [4.78, 5) is 23.2. The summed E-state index contributed by atoms with van der Waals surface area (Å²) in [7, 11) is -1.97. The number of pyridine rings is 1. The lowest BCUT2D eigenvalue weighted by atomic mass is 10.2. The maximum Gasteiger partial charge on any atom is 0.250 e. The zero-order valence-electron chi connectivity index (χ0n) is 12.0. The molecule has 1 aliphatic rings. The van der Waals surface area contributed by atoms with Crippen molar-refractivity contribution in [3.8, 4) is 0 Å². The molecule has 0 saturated heterocycles. The molecule has 1 saturated carbocycles. The minimum atomic E-state index is -3.57. The van der Waals surface area contributed by atoms with Crippen molar-refractivity contribution in [1.82, 2.24) is 9.88 Å². The standard InChI is InChI=1S/C14H20N2O4S/c1-16-7-6-11(8-14(16)18)9-21(19,20)10-13(17)15-12-4-2-3-5-12/h6-8,12H,2-5,9-10H2,1H3,(H,15,17). The number of aryl methyl sites for hydroxylation is 1. The SMILES string of the molecule is Cn1ccc(CS(=O)(=O)CC(=O)NC2CCCC2)cc1=O. The first-order chi connectivity index (χ1) is 9.85. The Kier molecular flexibility index (Phi) is 4.82. The molecule has 7 heteroatoms. The Hall–Kier alpha value is -1.63. The van der Waals surface area contributed by atoms with Gasteiger partial charge in [-0.15, -0.1) is 0 Å². The lowest BCUT2D eigenvalue weighted by Gasteiger charge is -2.12. The summed E-state index contributed by atoms with van der Waals surface area (Å²) in [5, 5.41) is 2.76. The van der Waals surface area contributed by atoms with E-state index in [0.29, 0.717) is 5.56 Å². The molecular formula is C14H20N2O4S. The minimum Gasteiger partial charge on any atom is -0.352 e. The van der Waals surface area contributed by atoms with Gasteiger partial charge >= 0.3 is 0 Å². The Balaban J connectivity index is 1.95. The van der Waals surface area contributed by atoms with Crippen LogP contribution >= 0.6 is 0 Å². The van der Waals surface area contributed by atoms with Crippen LogP contribution in [0, 0.1) is 0 Å². The molecule has 6 nitrogen and oxygen atoms in total. The smallest absolute Gasteiger partial charge is 0.250 e. The van der Waals surface area contributed by atoms with Gasteiger partial charge in [-0.2, -0.15) is 0 Å². The molecule has 0 aromatic carbocycles. The highest BCUT2D eigenvalue weighted by Crippen LogP contribution is 2.17. The highest BCUT2D eigenvalue weighted by Gasteiger charge is 2.22. The maximum absolute atomic E-state index is 12.0. The van der Waals surface area contributed by atoms with E-state index in [0.717, 1.165) is 25.7 Å². The van der Waals surface area contributed by atoms with E-state index in [-0.39, 0.29) is 17.4 Å². The van der Waals surface area contributed by atoms with Crippen LogP contribution in [-0.4, -0.2) is 30.7 Å². The van der Waals surface area contributed by atoms with Crippen LogP contribution in [0.25, 0.3) is 0 Å². The number of nitrogens with zero attached hydrogens (tertiary/aromatic N) is 1. The summed E-state index contributed by atoms with van der Waals surface area (Å²) >= 11 is 0. The second-order valence-corrected chi connectivity index (χ2v) is 7.63. The third kappa shape index (κ3) is 4.70. The van der Waals surface area contributed by atoms with Crippen molar-refractivity contribution < 1.29 is 13.2 Å². The van der Waals surface area contributed by atoms with Crippen molar-refractivity contribution in [2.75, 3.05) is 5.75 Å². The van der Waals surface area contributed by atoms with E-state index in [2.05, 4.69) is 5.32 Å². The average Bonchev–Trinajstić information content (AvgIpc) is 2.85. The Morgan fingerprint density at radius 2 is 2.05 bits per heavy atom. The molecule has 1 fully saturated rings. The number of hydrogen-bond donors (Lipinski definition) is 1. The molecule has 21 heavy (non-hydrogen) atoms. The zero-order valence-corrected chi connectivity index (χ0v) is 12.9. The molecule has 1 aromatic rings. The molecule has 1 aromatic heterocycles. The van der Waals surface area contributed by atoms with E-state index >= 15 is 0 Å². The second-order valence-electron chi connectivity index (χ2n) is 5.57. The van der Waals surface area contributed by atoms with Gasteiger partial charge < -0.3 is 9.88 Å². The fraction of sp³-hybridized carbons (Fsp3) is 0.571. The lowest BCUT2D eigenvalue weighted by molar-refractivity contribution is -0.119. The van der Waals surface area contributed by atoms with Crippen LogP contribution in [-0.2, 0) is 27.4 Å². The van der Waals surface area contributed by atoms with Crippen LogP contribution in [0.15, 0.2) is 23.1 Å². The van der Waals surface area contributed by atoms with Gasteiger partial charge in [0.25, 0.3) is 5.56 Å². The van der Waals surface area contributed by atoms with E-state index in [1.807, 2.05) is 0 Å². The molecule has 2 rings (SSSR count). The van der Waals surface area contributed by atoms with Crippen LogP contribution in [0.1, 0.15) is 31.2 Å². The number of carbonyl (C=O) groups is 1. The number of sulfone groups is 1. The molecule has 0 unspecified atom stereocenters. The number of carbonyl (C=O) groups excluding carboxylic acids is 1. The predicted molar refractivity (Wildman–Crippen MR) is 79.6 cm³/mol. The molecule has 1 aliphatic carbocycles. The van der Waals surface area contributed by atoms with Gasteiger partial charge in [0.15, 0.2) is 9.84 Å². The Morgan fingerprint density at radius 3 is 2.67 bits per heavy atom. The summed E-state index contributed by atoms with van der Waals surface area (Å²) in [5.74, 6) is -1.27. The molecule has 0 atom stereocenters. The van der Waals surface area contributed by atoms with Crippen molar-refractivity contribution >= 4 is 15.7 Å². The summed E-state index contributed by atoms with van der Waals surface area (Å²) < 4.78 is 25.4. The fourth-order valence-electron chi connectivity index (χ4n) is 2.52. The van der Waals surface area contributed by atoms with E-state index < -0.39 is 21.5 Å². The molecular weight excluding hydrogens is 292 g/mol. The molecule has 0 aliphatic heterocycles. The first-order valence-electron chi connectivity index (χ1n) is 7.01. The van der Waals surface area contributed by atoms with Crippen molar-refractivity contribution in [1.29, 1.82) is 0 Å². The van der Waals surface area contributed by atoms with Crippen LogP contribution in [0.4, 0.5) is 0 Å². The number of aromatic nitrogens is 1. The molecule has 1 amide bonds. The minimum absolute atomic E-state index is 0.108. The Bertz CT molecular complexity index is 672. The van der Waals surface area contributed by atoms with Crippen molar-refractivity contribution in [2.45, 2.75) is 37.5 Å². The number of amides is 1. The van der Waals surface area contributed by atoms with Gasteiger partial charge in [-0.3, -0.25) is 9.59 Å². The maximum atomic E-state index is 12.0. The average molecular weight is 312 g/mol. The van der Waals surface area contributed by atoms with Gasteiger partial charge in [0.2, 0.25) is 5.91 Å². The number of hydrogen-bond acceptors (Lipinski definition) is 4. The largest absolute Gasteiger partial charge is 0.352 e. The molecule has 0 bridgehead atoms. The van der Waals surface area contributed by atoms with E-state index in [1.165, 1.54) is 16.8 Å². The van der Waals surface area contributed by atoms with Gasteiger partial charge in [-0.1, -0.05) is 12.8 Å². The van der Waals surface area contributed by atoms with E-state index in [9.17, 15) is 18.0 Å². The molecule has 0 spiro atoms. The highest BCUT2D eigenvalue weighted by atomic mass is 32.2. The predicted octanol–water partition coefficient (Wildman–Crippen LogP) is 0.359. The monoisotopic (exact) mass is 312 g/mol. The molecule has 116 valence electrons. The molecule has 1 heterocycles. The highest BCUT2D eigenvalue weighted by molar-refractivity contribution is 7.91. The van der Waals surface area contributed by atoms with Crippen LogP contribution in [0.2, 0.25) is 0 Å². The third-order valence-corrected chi connectivity index (χ3v) is 5.10. The van der Waals surface area contributed by atoms with Gasteiger partial charge in [0, 0.05) is 25.4 Å². The Morgan fingerprint density at radius 1 is 1.38 bits per heavy atom. The van der Waals surface area contributed by atoms with Gasteiger partial charge in [-0.05, 0) is 24.5 Å². The van der Waals surface area contributed by atoms with E-state index in [1.54, 1.807) is 13.1 Å². The summed E-state index contributed by atoms with van der Waals surface area (Å²) in [6.45, 7) is 0. The topological polar surface area (TPSA) is 85.2 Å². The lowest BCUT2D eigenvalue weighted by Crippen LogP contribution is -2.37. The third-order valence-electron chi connectivity index (χ3n) is 3.63. The van der Waals surface area contributed by atoms with Gasteiger partial charge in [0.1, 0.15) is 5.75 Å². The normalized spacial score (nSPS) is 16.0. The first-order valence-corrected chi connectivity index (χ1v) is 8.83. The summed E-state index contributed by atoms with van der Waals surface area (Å²) in [6, 6.07) is 2.97. The number of rotatable bonds is 5. The quantitative estimate of drug-likeness (QED) is 0.850. The Labute approximate surface area is 124 Å². The van der Waals surface area contributed by atoms with Crippen LogP contribution in [0.5, 0.6) is 0 Å². The molecule has 0 radical (unpaired) electrons. The van der Waals surface area contributed by atoms with Crippen molar-refractivity contribution in [3.05, 3.63) is 34.2 Å². The van der Waals surface area contributed by atoms with Crippen molar-refractivity contribution in [3.63, 3.8) is 0 Å². The summed E-state index contributed by atoms with van der Waals surface area (Å²) in [6.07, 6.45) is 5.50. The number of nitrogens with one attached hydrogen (secondary N) is 1. The molecule has 1 N–H and O–H groups in total. The fourth-order valence-corrected chi connectivity index (χ4v) is 3.80. The van der Waals surface area contributed by atoms with Crippen LogP contribution < -0.4 is 10.9 Å². The second kappa shape index (κ2) is 6.43. The first kappa shape index (κ1) is 15.8. The van der Waals surface area contributed by atoms with Crippen LogP contribution in [0.3, 0.4) is 0 Å². The van der Waals surface area contributed by atoms with Gasteiger partial charge in [0.05, 0.1) is 5.75 Å². The summed E-state index contributed by atoms with van der Waals surface area (Å²) in [5.41, 5.74) is 0.143. The van der Waals surface area contributed by atoms with E-state index in [4.69, 9.17) is 0 Å². The van der Waals surface area contributed by atoms with Crippen molar-refractivity contribution in [2.24, 2.45) is 7.05 Å². The zero-order chi connectivity index (χ0) is 15.5.